The summed E-state index contributed by atoms with van der Waals surface area (Å²) in [6, 6.07) is 14.4. The predicted octanol–water partition coefficient (Wildman–Crippen LogP) is 3.08. The minimum Gasteiger partial charge on any atom is -0.486 e. The number of carbonyl (C=O) groups excluding carboxylic acids is 1. The average molecular weight is 459 g/mol. The summed E-state index contributed by atoms with van der Waals surface area (Å²) in [5.41, 5.74) is 1.02. The lowest BCUT2D eigenvalue weighted by Gasteiger charge is -2.35. The minimum absolute atomic E-state index is 0.0577. The van der Waals surface area contributed by atoms with Crippen LogP contribution in [0.15, 0.2) is 53.4 Å². The molecule has 0 saturated carbocycles. The van der Waals surface area contributed by atoms with Gasteiger partial charge in [0.25, 0.3) is 0 Å². The van der Waals surface area contributed by atoms with Crippen molar-refractivity contribution in [1.82, 2.24) is 9.21 Å². The van der Waals surface area contributed by atoms with Crippen molar-refractivity contribution in [3.63, 3.8) is 0 Å². The van der Waals surface area contributed by atoms with Crippen LogP contribution in [0.1, 0.15) is 25.3 Å². The van der Waals surface area contributed by atoms with Crippen molar-refractivity contribution in [3.8, 4) is 11.5 Å². The first-order valence-corrected chi connectivity index (χ1v) is 12.6. The molecule has 32 heavy (non-hydrogen) atoms. The van der Waals surface area contributed by atoms with Gasteiger partial charge in [0.15, 0.2) is 17.6 Å². The second-order valence-electron chi connectivity index (χ2n) is 8.37. The Morgan fingerprint density at radius 2 is 1.72 bits per heavy atom. The number of fused-ring (bicyclic) bond motifs is 1. The van der Waals surface area contributed by atoms with Crippen LogP contribution < -0.4 is 9.47 Å². The Morgan fingerprint density at radius 1 is 1.06 bits per heavy atom. The number of hydrogen-bond donors (Lipinski definition) is 0. The number of piperidine rings is 1. The fraction of sp³-hybridized carbons (Fsp3) is 0.458. The van der Waals surface area contributed by atoms with E-state index in [0.717, 1.165) is 11.3 Å². The smallest absolute Gasteiger partial charge is 0.243 e. The van der Waals surface area contributed by atoms with E-state index in [4.69, 9.17) is 9.47 Å². The van der Waals surface area contributed by atoms with E-state index in [1.165, 1.54) is 4.31 Å². The molecule has 2 heterocycles. The van der Waals surface area contributed by atoms with Crippen LogP contribution in [0.3, 0.4) is 0 Å². The summed E-state index contributed by atoms with van der Waals surface area (Å²) < 4.78 is 39.1. The molecule has 172 valence electrons. The molecule has 1 amide bonds. The molecular weight excluding hydrogens is 428 g/mol. The zero-order valence-electron chi connectivity index (χ0n) is 18.6. The third kappa shape index (κ3) is 4.76. The van der Waals surface area contributed by atoms with Crippen LogP contribution in [-0.2, 0) is 14.8 Å². The van der Waals surface area contributed by atoms with Crippen LogP contribution in [0.2, 0.25) is 0 Å². The maximum atomic E-state index is 13.2. The van der Waals surface area contributed by atoms with Crippen molar-refractivity contribution >= 4 is 15.9 Å². The topological polar surface area (TPSA) is 76.2 Å². The Labute approximate surface area is 190 Å². The number of aryl methyl sites for hydroxylation is 1. The van der Waals surface area contributed by atoms with Gasteiger partial charge in [-0.2, -0.15) is 4.31 Å². The Balaban J connectivity index is 1.34. The zero-order chi connectivity index (χ0) is 22.7. The van der Waals surface area contributed by atoms with Gasteiger partial charge in [-0.25, -0.2) is 8.42 Å². The number of benzene rings is 2. The number of nitrogens with zero attached hydrogens (tertiary/aromatic N) is 2. The van der Waals surface area contributed by atoms with Gasteiger partial charge in [0, 0.05) is 25.6 Å². The number of amides is 1. The number of sulfonamides is 1. The fourth-order valence-corrected chi connectivity index (χ4v) is 5.70. The summed E-state index contributed by atoms with van der Waals surface area (Å²) in [4.78, 5) is 15.3. The summed E-state index contributed by atoms with van der Waals surface area (Å²) in [6.07, 6.45) is 0.812. The summed E-state index contributed by atoms with van der Waals surface area (Å²) in [6.45, 7) is 5.99. The lowest BCUT2D eigenvalue weighted by atomic mass is 9.96. The maximum Gasteiger partial charge on any atom is 0.243 e. The van der Waals surface area contributed by atoms with Crippen molar-refractivity contribution < 1.29 is 22.7 Å². The van der Waals surface area contributed by atoms with Gasteiger partial charge in [0.2, 0.25) is 15.9 Å². The molecule has 1 unspecified atom stereocenters. The quantitative estimate of drug-likeness (QED) is 0.665. The normalized spacial score (nSPS) is 19.5. The number of ether oxygens (including phenoxy) is 2. The Kier molecular flexibility index (Phi) is 6.71. The van der Waals surface area contributed by atoms with E-state index in [9.17, 15) is 13.2 Å². The van der Waals surface area contributed by atoms with E-state index in [0.29, 0.717) is 56.3 Å². The van der Waals surface area contributed by atoms with Gasteiger partial charge < -0.3 is 14.4 Å². The number of carbonyl (C=O) groups is 1. The van der Waals surface area contributed by atoms with Gasteiger partial charge in [0.05, 0.1) is 11.4 Å². The van der Waals surface area contributed by atoms with Gasteiger partial charge in [-0.05, 0) is 51.0 Å². The molecule has 0 aromatic heterocycles. The second-order valence-corrected chi connectivity index (χ2v) is 10.3. The molecule has 0 N–H and O–H groups in total. The van der Waals surface area contributed by atoms with Crippen molar-refractivity contribution in [3.05, 3.63) is 54.1 Å². The highest BCUT2D eigenvalue weighted by Gasteiger charge is 2.34. The molecule has 2 aromatic rings. The minimum atomic E-state index is -3.53. The molecule has 0 bridgehead atoms. The van der Waals surface area contributed by atoms with E-state index in [1.807, 2.05) is 38.1 Å². The molecular formula is C24H30N2O5S. The molecule has 0 aliphatic carbocycles. The second kappa shape index (κ2) is 9.50. The molecule has 2 aliphatic rings. The summed E-state index contributed by atoms with van der Waals surface area (Å²) in [5, 5.41) is 0. The fourth-order valence-electron chi connectivity index (χ4n) is 4.23. The van der Waals surface area contributed by atoms with Crippen molar-refractivity contribution in [2.45, 2.75) is 37.7 Å². The molecule has 7 nitrogen and oxygen atoms in total. The highest BCUT2D eigenvalue weighted by Crippen LogP contribution is 2.31. The van der Waals surface area contributed by atoms with Crippen LogP contribution >= 0.6 is 0 Å². The summed E-state index contributed by atoms with van der Waals surface area (Å²) >= 11 is 0. The van der Waals surface area contributed by atoms with E-state index in [2.05, 4.69) is 0 Å². The molecule has 0 spiro atoms. The molecule has 1 fully saturated rings. The van der Waals surface area contributed by atoms with Gasteiger partial charge in [-0.1, -0.05) is 29.8 Å². The number of hydrogen-bond acceptors (Lipinski definition) is 5. The van der Waals surface area contributed by atoms with Crippen LogP contribution in [0.25, 0.3) is 0 Å². The summed E-state index contributed by atoms with van der Waals surface area (Å²) in [5.74, 6) is 1.29. The first-order chi connectivity index (χ1) is 15.4. The first-order valence-electron chi connectivity index (χ1n) is 11.1. The molecule has 8 heteroatoms. The Hall–Kier alpha value is -2.58. The van der Waals surface area contributed by atoms with Crippen molar-refractivity contribution in [2.24, 2.45) is 5.92 Å². The lowest BCUT2D eigenvalue weighted by molar-refractivity contribution is -0.138. The first kappa shape index (κ1) is 22.6. The highest BCUT2D eigenvalue weighted by molar-refractivity contribution is 7.89. The van der Waals surface area contributed by atoms with Gasteiger partial charge in [-0.15, -0.1) is 0 Å². The largest absolute Gasteiger partial charge is 0.486 e. The van der Waals surface area contributed by atoms with E-state index >= 15 is 0 Å². The van der Waals surface area contributed by atoms with Crippen LogP contribution in [-0.4, -0.2) is 62.4 Å². The third-order valence-electron chi connectivity index (χ3n) is 6.15. The Bertz CT molecular complexity index is 1050. The predicted molar refractivity (Wildman–Crippen MR) is 121 cm³/mol. The van der Waals surface area contributed by atoms with Gasteiger partial charge in [0.1, 0.15) is 6.61 Å². The van der Waals surface area contributed by atoms with Crippen molar-refractivity contribution in [2.75, 3.05) is 32.8 Å². The monoisotopic (exact) mass is 458 g/mol. The van der Waals surface area contributed by atoms with Crippen LogP contribution in [0.4, 0.5) is 0 Å². The van der Waals surface area contributed by atoms with Crippen LogP contribution in [0, 0.1) is 12.8 Å². The number of para-hydroxylation sites is 2. The third-order valence-corrected chi connectivity index (χ3v) is 8.06. The van der Waals surface area contributed by atoms with E-state index < -0.39 is 10.0 Å². The van der Waals surface area contributed by atoms with Gasteiger partial charge >= 0.3 is 0 Å². The van der Waals surface area contributed by atoms with E-state index in [-0.39, 0.29) is 17.9 Å². The van der Waals surface area contributed by atoms with Gasteiger partial charge in [-0.3, -0.25) is 4.79 Å². The number of rotatable bonds is 6. The number of likely N-dealkylation sites (N-methyl/N-ethyl adjacent to an activating group) is 1. The SMILES string of the molecule is CCN(CC1COc2ccccc2O1)C(=O)C1CCN(S(=O)(=O)c2ccc(C)cc2)CC1. The zero-order valence-corrected chi connectivity index (χ0v) is 19.4. The maximum absolute atomic E-state index is 13.2. The molecule has 1 saturated heterocycles. The van der Waals surface area contributed by atoms with Crippen molar-refractivity contribution in [1.29, 1.82) is 0 Å². The summed E-state index contributed by atoms with van der Waals surface area (Å²) in [7, 11) is -3.53. The molecule has 1 atom stereocenters. The molecule has 2 aromatic carbocycles. The average Bonchev–Trinajstić information content (AvgIpc) is 2.82. The Morgan fingerprint density at radius 3 is 2.38 bits per heavy atom. The molecule has 0 radical (unpaired) electrons. The standard InChI is InChI=1S/C24H30N2O5S/c1-3-25(16-20-17-30-22-6-4-5-7-23(22)31-20)24(27)19-12-14-26(15-13-19)32(28,29)21-10-8-18(2)9-11-21/h4-11,19-20H,3,12-17H2,1-2H3. The lowest BCUT2D eigenvalue weighted by Crippen LogP contribution is -2.48. The molecule has 2 aliphatic heterocycles. The molecule has 4 rings (SSSR count). The van der Waals surface area contributed by atoms with Crippen LogP contribution in [0.5, 0.6) is 11.5 Å². The highest BCUT2D eigenvalue weighted by atomic mass is 32.2. The van der Waals surface area contributed by atoms with E-state index in [1.54, 1.807) is 29.2 Å².